The first kappa shape index (κ1) is 40.9. The second kappa shape index (κ2) is 17.0. The molecule has 2 aliphatic rings. The molecule has 2 fully saturated rings. The molecule has 290 valence electrons. The molecule has 13 heteroatoms. The molecule has 5 nitrogen and oxygen atoms in total. The fourth-order valence-corrected chi connectivity index (χ4v) is 8.17. The van der Waals surface area contributed by atoms with Crippen LogP contribution in [0.3, 0.4) is 0 Å². The zero-order valence-electron chi connectivity index (χ0n) is 30.4. The van der Waals surface area contributed by atoms with Gasteiger partial charge in [-0.25, -0.2) is 4.39 Å². The number of rotatable bonds is 13. The molecule has 1 aliphatic heterocycles. The van der Waals surface area contributed by atoms with E-state index in [0.29, 0.717) is 55.9 Å². The Bertz CT molecular complexity index is 1600. The first-order chi connectivity index (χ1) is 24.9. The van der Waals surface area contributed by atoms with Gasteiger partial charge in [0.05, 0.1) is 23.1 Å². The van der Waals surface area contributed by atoms with Crippen molar-refractivity contribution in [3.8, 4) is 0 Å². The van der Waals surface area contributed by atoms with Crippen molar-refractivity contribution in [2.75, 3.05) is 33.1 Å². The van der Waals surface area contributed by atoms with Crippen molar-refractivity contribution in [1.82, 2.24) is 4.90 Å². The average molecular weight is 768 g/mol. The van der Waals surface area contributed by atoms with E-state index in [4.69, 9.17) is 14.2 Å². The molecule has 0 bridgehead atoms. The highest BCUT2D eigenvalue weighted by molar-refractivity contribution is 6.76. The van der Waals surface area contributed by atoms with E-state index in [1.807, 2.05) is 12.1 Å². The molecular formula is C40H48F7NO4Si. The smallest absolute Gasteiger partial charge is 0.416 e. The Morgan fingerprint density at radius 3 is 1.96 bits per heavy atom. The normalized spacial score (nSPS) is 21.4. The summed E-state index contributed by atoms with van der Waals surface area (Å²) < 4.78 is 114. The number of esters is 1. The van der Waals surface area contributed by atoms with Gasteiger partial charge in [-0.3, -0.25) is 4.79 Å². The van der Waals surface area contributed by atoms with Gasteiger partial charge in [-0.05, 0) is 111 Å². The number of ether oxygens (including phenoxy) is 3. The van der Waals surface area contributed by atoms with Crippen molar-refractivity contribution < 1.29 is 49.7 Å². The molecule has 0 spiro atoms. The number of piperidine rings is 1. The summed E-state index contributed by atoms with van der Waals surface area (Å²) in [5.41, 5.74) is -2.87. The molecule has 1 atom stereocenters. The maximum absolute atomic E-state index is 14.4. The van der Waals surface area contributed by atoms with E-state index in [1.165, 1.54) is 12.1 Å². The van der Waals surface area contributed by atoms with E-state index < -0.39 is 61.2 Å². The highest BCUT2D eigenvalue weighted by Crippen LogP contribution is 2.45. The molecular weight excluding hydrogens is 720 g/mol. The van der Waals surface area contributed by atoms with Crippen molar-refractivity contribution in [1.29, 1.82) is 0 Å². The number of carbonyl (C=O) groups is 1. The van der Waals surface area contributed by atoms with Crippen molar-refractivity contribution in [3.05, 3.63) is 106 Å². The van der Waals surface area contributed by atoms with Crippen LogP contribution in [0.2, 0.25) is 25.7 Å². The molecule has 1 saturated heterocycles. The van der Waals surface area contributed by atoms with Gasteiger partial charge in [-0.15, -0.1) is 0 Å². The Morgan fingerprint density at radius 1 is 0.830 bits per heavy atom. The van der Waals surface area contributed by atoms with E-state index in [9.17, 15) is 35.5 Å². The van der Waals surface area contributed by atoms with Gasteiger partial charge in [0.25, 0.3) is 0 Å². The third kappa shape index (κ3) is 10.9. The molecule has 1 heterocycles. The van der Waals surface area contributed by atoms with Gasteiger partial charge in [0.1, 0.15) is 12.6 Å². The lowest BCUT2D eigenvalue weighted by Gasteiger charge is -2.45. The van der Waals surface area contributed by atoms with Crippen LogP contribution in [0, 0.1) is 5.82 Å². The maximum Gasteiger partial charge on any atom is 0.416 e. The minimum atomic E-state index is -5.08. The number of alkyl halides is 6. The van der Waals surface area contributed by atoms with Crippen molar-refractivity contribution >= 4 is 14.0 Å². The van der Waals surface area contributed by atoms with Gasteiger partial charge in [0, 0.05) is 20.7 Å². The molecule has 3 aromatic rings. The van der Waals surface area contributed by atoms with Crippen LogP contribution in [0.1, 0.15) is 78.4 Å². The van der Waals surface area contributed by atoms with Crippen molar-refractivity contribution in [2.24, 2.45) is 0 Å². The SMILES string of the molecule is C[Si](C)(C)CCOCOCC(OC(=O)C1(c2ccccc2)CCC(N2CCC(c3ccc(F)cc3)CC2)CC1)c1cc(C(F)(F)F)cc(C(F)(F)F)c1. The quantitative estimate of drug-likeness (QED) is 0.0570. The third-order valence-electron chi connectivity index (χ3n) is 10.6. The lowest BCUT2D eigenvalue weighted by molar-refractivity contribution is -0.165. The zero-order chi connectivity index (χ0) is 38.4. The van der Waals surface area contributed by atoms with E-state index in [0.717, 1.165) is 37.5 Å². The van der Waals surface area contributed by atoms with Gasteiger partial charge in [-0.2, -0.15) is 26.3 Å². The minimum Gasteiger partial charge on any atom is -0.454 e. The molecule has 1 aliphatic carbocycles. The second-order valence-electron chi connectivity index (χ2n) is 15.5. The molecule has 5 rings (SSSR count). The first-order valence-corrected chi connectivity index (χ1v) is 21.9. The van der Waals surface area contributed by atoms with Crippen LogP contribution in [-0.2, 0) is 36.8 Å². The van der Waals surface area contributed by atoms with Gasteiger partial charge >= 0.3 is 18.3 Å². The summed E-state index contributed by atoms with van der Waals surface area (Å²) >= 11 is 0. The third-order valence-corrected chi connectivity index (χ3v) is 12.3. The van der Waals surface area contributed by atoms with Crippen LogP contribution < -0.4 is 0 Å². The molecule has 0 N–H and O–H groups in total. The Kier molecular flexibility index (Phi) is 13.2. The predicted molar refractivity (Wildman–Crippen MR) is 191 cm³/mol. The molecule has 53 heavy (non-hydrogen) atoms. The van der Waals surface area contributed by atoms with Gasteiger partial charge in [0.2, 0.25) is 0 Å². The molecule has 3 aromatic carbocycles. The fraction of sp³-hybridized carbons (Fsp3) is 0.525. The van der Waals surface area contributed by atoms with Crippen LogP contribution in [0.5, 0.6) is 0 Å². The zero-order valence-corrected chi connectivity index (χ0v) is 31.4. The standard InChI is InChI=1S/C40H48F7NO4Si/c1-53(2,3)22-21-50-27-51-26-36(30-23-32(39(42,43)44)25-33(24-30)40(45,46)47)52-37(49)38(31-7-5-4-6-8-31)17-13-35(14-18-38)48-19-15-29(16-20-48)28-9-11-34(41)12-10-28/h4-12,23-25,29,35-36H,13-22,26-27H2,1-3H3. The molecule has 0 radical (unpaired) electrons. The summed E-state index contributed by atoms with van der Waals surface area (Å²) in [4.78, 5) is 16.8. The first-order valence-electron chi connectivity index (χ1n) is 18.2. The van der Waals surface area contributed by atoms with Gasteiger partial charge < -0.3 is 19.1 Å². The summed E-state index contributed by atoms with van der Waals surface area (Å²) in [5.74, 6) is -0.667. The van der Waals surface area contributed by atoms with E-state index in [2.05, 4.69) is 24.5 Å². The summed E-state index contributed by atoms with van der Waals surface area (Å²) in [6, 6.07) is 17.8. The Labute approximate surface area is 307 Å². The van der Waals surface area contributed by atoms with E-state index in [-0.39, 0.29) is 24.7 Å². The Morgan fingerprint density at radius 2 is 1.42 bits per heavy atom. The highest BCUT2D eigenvalue weighted by Gasteiger charge is 2.47. The number of likely N-dealkylation sites (tertiary alicyclic amines) is 1. The molecule has 0 amide bonds. The van der Waals surface area contributed by atoms with Crippen LogP contribution in [-0.4, -0.2) is 58.1 Å². The second-order valence-corrected chi connectivity index (χ2v) is 21.1. The number of hydrogen-bond acceptors (Lipinski definition) is 5. The average Bonchev–Trinajstić information content (AvgIpc) is 3.12. The summed E-state index contributed by atoms with van der Waals surface area (Å²) in [7, 11) is -1.43. The largest absolute Gasteiger partial charge is 0.454 e. The number of hydrogen-bond donors (Lipinski definition) is 0. The lowest BCUT2D eigenvalue weighted by Crippen LogP contribution is -2.48. The number of benzene rings is 3. The lowest BCUT2D eigenvalue weighted by atomic mass is 9.67. The van der Waals surface area contributed by atoms with Crippen LogP contribution in [0.4, 0.5) is 30.7 Å². The Balaban J connectivity index is 1.35. The molecule has 0 aromatic heterocycles. The monoisotopic (exact) mass is 767 g/mol. The van der Waals surface area contributed by atoms with Gasteiger partial charge in [0.15, 0.2) is 6.10 Å². The van der Waals surface area contributed by atoms with Crippen LogP contribution in [0.25, 0.3) is 0 Å². The number of nitrogens with zero attached hydrogens (tertiary/aromatic N) is 1. The van der Waals surface area contributed by atoms with Crippen molar-refractivity contribution in [2.45, 2.75) is 100 Å². The van der Waals surface area contributed by atoms with Gasteiger partial charge in [-0.1, -0.05) is 62.1 Å². The Hall–Kier alpha value is -3.26. The molecule has 1 saturated carbocycles. The van der Waals surface area contributed by atoms with Crippen molar-refractivity contribution in [3.63, 3.8) is 0 Å². The van der Waals surface area contributed by atoms with Crippen LogP contribution >= 0.6 is 0 Å². The summed E-state index contributed by atoms with van der Waals surface area (Å²) in [6.45, 7) is 7.76. The minimum absolute atomic E-state index is 0.0535. The topological polar surface area (TPSA) is 48.0 Å². The number of carbonyl (C=O) groups excluding carboxylic acids is 1. The van der Waals surface area contributed by atoms with E-state index >= 15 is 0 Å². The highest BCUT2D eigenvalue weighted by atomic mass is 28.3. The maximum atomic E-state index is 14.4. The fourth-order valence-electron chi connectivity index (χ4n) is 7.42. The predicted octanol–water partition coefficient (Wildman–Crippen LogP) is 10.5. The molecule has 1 unspecified atom stereocenters. The summed E-state index contributed by atoms with van der Waals surface area (Å²) in [5, 5.41) is 0. The summed E-state index contributed by atoms with van der Waals surface area (Å²) in [6.07, 6.45) is -7.88. The number of halogens is 7. The van der Waals surface area contributed by atoms with E-state index in [1.54, 1.807) is 30.3 Å². The van der Waals surface area contributed by atoms with Crippen LogP contribution in [0.15, 0.2) is 72.8 Å².